The highest BCUT2D eigenvalue weighted by Gasteiger charge is 2.13. The van der Waals surface area contributed by atoms with Crippen molar-refractivity contribution in [2.24, 2.45) is 5.73 Å². The largest absolute Gasteiger partial charge is 0.465 e. The zero-order chi connectivity index (χ0) is 12.7. The maximum absolute atomic E-state index is 11.3. The average Bonchev–Trinajstić information content (AvgIpc) is 2.29. The Morgan fingerprint density at radius 1 is 1.59 bits per heavy atom. The first-order chi connectivity index (χ1) is 8.13. The number of esters is 1. The van der Waals surface area contributed by atoms with E-state index in [1.54, 1.807) is 18.7 Å². The number of hydrogen-bond acceptors (Lipinski definition) is 4. The average molecular weight is 274 g/mol. The fraction of sp³-hybridized carbons (Fsp3) is 0.417. The molecule has 1 aromatic carbocycles. The van der Waals surface area contributed by atoms with Crippen LogP contribution >= 0.6 is 23.4 Å². The summed E-state index contributed by atoms with van der Waals surface area (Å²) in [6.45, 7) is 2.14. The number of carbonyl (C=O) groups excluding carboxylic acids is 1. The minimum Gasteiger partial charge on any atom is -0.465 e. The van der Waals surface area contributed by atoms with Crippen molar-refractivity contribution in [1.29, 1.82) is 0 Å². The van der Waals surface area contributed by atoms with Crippen molar-refractivity contribution in [2.75, 3.05) is 12.4 Å². The molecule has 3 nitrogen and oxygen atoms in total. The molecule has 0 spiro atoms. The first kappa shape index (κ1) is 14.4. The lowest BCUT2D eigenvalue weighted by atomic mass is 10.2. The molecule has 1 atom stereocenters. The Balaban J connectivity index is 2.30. The van der Waals surface area contributed by atoms with Crippen LogP contribution in [0.4, 0.5) is 0 Å². The van der Waals surface area contributed by atoms with Crippen LogP contribution in [0.25, 0.3) is 0 Å². The van der Waals surface area contributed by atoms with E-state index in [1.807, 2.05) is 24.3 Å². The Kier molecular flexibility index (Phi) is 6.40. The Bertz CT molecular complexity index is 373. The molecule has 0 aromatic heterocycles. The second-order valence-electron chi connectivity index (χ2n) is 3.45. The number of hydrogen-bond donors (Lipinski definition) is 1. The minimum atomic E-state index is -0.540. The third-order valence-electron chi connectivity index (χ3n) is 2.08. The molecule has 5 heteroatoms. The highest BCUT2D eigenvalue weighted by Crippen LogP contribution is 2.22. The normalized spacial score (nSPS) is 12.2. The Labute approximate surface area is 111 Å². The summed E-state index contributed by atoms with van der Waals surface area (Å²) in [5, 5.41) is 0.713. The predicted molar refractivity (Wildman–Crippen MR) is 71.4 cm³/mol. The molecule has 1 unspecified atom stereocenters. The van der Waals surface area contributed by atoms with Gasteiger partial charge in [-0.3, -0.25) is 4.79 Å². The summed E-state index contributed by atoms with van der Waals surface area (Å²) < 4.78 is 4.83. The van der Waals surface area contributed by atoms with E-state index in [9.17, 15) is 4.79 Å². The van der Waals surface area contributed by atoms with E-state index in [1.165, 1.54) is 0 Å². The molecule has 94 valence electrons. The molecule has 0 aliphatic carbocycles. The maximum Gasteiger partial charge on any atom is 0.322 e. The third kappa shape index (κ3) is 5.44. The molecule has 0 bridgehead atoms. The summed E-state index contributed by atoms with van der Waals surface area (Å²) in [7, 11) is 0. The lowest BCUT2D eigenvalue weighted by Gasteiger charge is -2.09. The number of benzene rings is 1. The number of carbonyl (C=O) groups is 1. The van der Waals surface area contributed by atoms with Crippen molar-refractivity contribution in [3.63, 3.8) is 0 Å². The molecule has 0 saturated heterocycles. The van der Waals surface area contributed by atoms with Crippen LogP contribution in [0.3, 0.4) is 0 Å². The molecule has 1 aromatic rings. The lowest BCUT2D eigenvalue weighted by molar-refractivity contribution is -0.144. The smallest absolute Gasteiger partial charge is 0.322 e. The SMILES string of the molecule is CCOC(=O)C(N)CCSc1cccc(Cl)c1. The van der Waals surface area contributed by atoms with E-state index in [2.05, 4.69) is 0 Å². The predicted octanol–water partition coefficient (Wildman–Crippen LogP) is 2.71. The molecule has 17 heavy (non-hydrogen) atoms. The highest BCUT2D eigenvalue weighted by molar-refractivity contribution is 7.99. The van der Waals surface area contributed by atoms with Crippen LogP contribution in [0.1, 0.15) is 13.3 Å². The van der Waals surface area contributed by atoms with E-state index < -0.39 is 6.04 Å². The van der Waals surface area contributed by atoms with Crippen LogP contribution < -0.4 is 5.73 Å². The molecule has 2 N–H and O–H groups in total. The van der Waals surface area contributed by atoms with Gasteiger partial charge in [0, 0.05) is 15.7 Å². The van der Waals surface area contributed by atoms with Crippen LogP contribution in [0.2, 0.25) is 5.02 Å². The van der Waals surface area contributed by atoms with Gasteiger partial charge in [0.2, 0.25) is 0 Å². The van der Waals surface area contributed by atoms with Crippen LogP contribution in [-0.4, -0.2) is 24.4 Å². The van der Waals surface area contributed by atoms with Crippen molar-refractivity contribution >= 4 is 29.3 Å². The molecular formula is C12H16ClNO2S. The van der Waals surface area contributed by atoms with Crippen LogP contribution in [-0.2, 0) is 9.53 Å². The molecule has 1 rings (SSSR count). The molecule has 0 saturated carbocycles. The first-order valence-electron chi connectivity index (χ1n) is 5.44. The third-order valence-corrected chi connectivity index (χ3v) is 3.35. The summed E-state index contributed by atoms with van der Waals surface area (Å²) in [6.07, 6.45) is 0.593. The summed E-state index contributed by atoms with van der Waals surface area (Å²) in [5.41, 5.74) is 5.68. The zero-order valence-corrected chi connectivity index (χ0v) is 11.3. The second-order valence-corrected chi connectivity index (χ2v) is 5.06. The van der Waals surface area contributed by atoms with Crippen molar-refractivity contribution in [2.45, 2.75) is 24.3 Å². The van der Waals surface area contributed by atoms with Gasteiger partial charge in [-0.25, -0.2) is 0 Å². The zero-order valence-electron chi connectivity index (χ0n) is 9.69. The first-order valence-corrected chi connectivity index (χ1v) is 6.80. The van der Waals surface area contributed by atoms with E-state index in [0.717, 1.165) is 10.6 Å². The molecule has 0 aliphatic rings. The quantitative estimate of drug-likeness (QED) is 0.640. The molecule has 0 fully saturated rings. The van der Waals surface area contributed by atoms with Crippen molar-refractivity contribution in [1.82, 2.24) is 0 Å². The monoisotopic (exact) mass is 273 g/mol. The maximum atomic E-state index is 11.3. The van der Waals surface area contributed by atoms with Gasteiger partial charge in [-0.1, -0.05) is 17.7 Å². The Morgan fingerprint density at radius 3 is 3.00 bits per heavy atom. The number of nitrogens with two attached hydrogens (primary N) is 1. The summed E-state index contributed by atoms with van der Waals surface area (Å²) in [5.74, 6) is 0.430. The van der Waals surface area contributed by atoms with Crippen molar-refractivity contribution in [3.05, 3.63) is 29.3 Å². The van der Waals surface area contributed by atoms with Crippen molar-refractivity contribution < 1.29 is 9.53 Å². The van der Waals surface area contributed by atoms with E-state index in [0.29, 0.717) is 18.1 Å². The second kappa shape index (κ2) is 7.58. The van der Waals surface area contributed by atoms with Gasteiger partial charge in [0.05, 0.1) is 6.61 Å². The number of halogens is 1. The van der Waals surface area contributed by atoms with Crippen LogP contribution in [0.15, 0.2) is 29.2 Å². The van der Waals surface area contributed by atoms with Gasteiger partial charge in [0.1, 0.15) is 6.04 Å². The van der Waals surface area contributed by atoms with Crippen molar-refractivity contribution in [3.8, 4) is 0 Å². The summed E-state index contributed by atoms with van der Waals surface area (Å²) in [6, 6.07) is 7.06. The fourth-order valence-corrected chi connectivity index (χ4v) is 2.48. The standard InChI is InChI=1S/C12H16ClNO2S/c1-2-16-12(15)11(14)6-7-17-10-5-3-4-9(13)8-10/h3-5,8,11H,2,6-7,14H2,1H3. The molecule has 0 amide bonds. The van der Waals surface area contributed by atoms with Gasteiger partial charge < -0.3 is 10.5 Å². The van der Waals surface area contributed by atoms with Gasteiger partial charge in [0.15, 0.2) is 0 Å². The van der Waals surface area contributed by atoms with E-state index in [-0.39, 0.29) is 5.97 Å². The summed E-state index contributed by atoms with van der Waals surface area (Å²) >= 11 is 7.49. The number of thioether (sulfide) groups is 1. The Morgan fingerprint density at radius 2 is 2.35 bits per heavy atom. The molecule has 0 radical (unpaired) electrons. The molecule has 0 heterocycles. The highest BCUT2D eigenvalue weighted by atomic mass is 35.5. The number of rotatable bonds is 6. The summed E-state index contributed by atoms with van der Waals surface area (Å²) in [4.78, 5) is 12.3. The molecular weight excluding hydrogens is 258 g/mol. The fourth-order valence-electron chi connectivity index (χ4n) is 1.23. The topological polar surface area (TPSA) is 52.3 Å². The van der Waals surface area contributed by atoms with Gasteiger partial charge in [-0.05, 0) is 31.5 Å². The van der Waals surface area contributed by atoms with Gasteiger partial charge in [-0.2, -0.15) is 0 Å². The van der Waals surface area contributed by atoms with Crippen LogP contribution in [0.5, 0.6) is 0 Å². The van der Waals surface area contributed by atoms with Gasteiger partial charge in [0.25, 0.3) is 0 Å². The molecule has 0 aliphatic heterocycles. The van der Waals surface area contributed by atoms with E-state index >= 15 is 0 Å². The minimum absolute atomic E-state index is 0.334. The lowest BCUT2D eigenvalue weighted by Crippen LogP contribution is -2.32. The number of ether oxygens (including phenoxy) is 1. The Hall–Kier alpha value is -0.710. The van der Waals surface area contributed by atoms with Crippen LogP contribution in [0, 0.1) is 0 Å². The van der Waals surface area contributed by atoms with Gasteiger partial charge >= 0.3 is 5.97 Å². The van der Waals surface area contributed by atoms with Gasteiger partial charge in [-0.15, -0.1) is 11.8 Å². The van der Waals surface area contributed by atoms with E-state index in [4.69, 9.17) is 22.1 Å².